The predicted molar refractivity (Wildman–Crippen MR) is 122 cm³/mol. The first kappa shape index (κ1) is 24.2. The average molecular weight is 409 g/mol. The molecule has 0 bridgehead atoms. The molecule has 0 aromatic heterocycles. The highest BCUT2D eigenvalue weighted by Crippen LogP contribution is 2.21. The molecule has 2 rings (SSSR count). The number of fused-ring (bicyclic) bond motifs is 1. The third-order valence-corrected chi connectivity index (χ3v) is 6.49. The summed E-state index contributed by atoms with van der Waals surface area (Å²) >= 11 is 0. The summed E-state index contributed by atoms with van der Waals surface area (Å²) in [6.07, 6.45) is 17.8. The van der Waals surface area contributed by atoms with E-state index in [9.17, 15) is 5.11 Å². The van der Waals surface area contributed by atoms with Crippen molar-refractivity contribution >= 4 is 5.96 Å². The van der Waals surface area contributed by atoms with Crippen molar-refractivity contribution < 1.29 is 10.0 Å². The van der Waals surface area contributed by atoms with Crippen molar-refractivity contribution in [2.45, 2.75) is 96.4 Å². The van der Waals surface area contributed by atoms with Crippen LogP contribution in [0.1, 0.15) is 84.5 Å². The van der Waals surface area contributed by atoms with Crippen LogP contribution in [-0.2, 0) is 0 Å². The number of quaternary nitrogens is 1. The lowest BCUT2D eigenvalue weighted by Gasteiger charge is -2.42. The molecule has 0 saturated carbocycles. The van der Waals surface area contributed by atoms with Crippen molar-refractivity contribution in [3.8, 4) is 0 Å². The number of nitrogens with zero attached hydrogens (tertiary/aromatic N) is 2. The van der Waals surface area contributed by atoms with Gasteiger partial charge >= 0.3 is 0 Å². The van der Waals surface area contributed by atoms with Gasteiger partial charge in [0.1, 0.15) is 0 Å². The molecule has 1 saturated heterocycles. The van der Waals surface area contributed by atoms with Gasteiger partial charge in [0.2, 0.25) is 5.72 Å². The van der Waals surface area contributed by atoms with Crippen LogP contribution in [0.5, 0.6) is 0 Å². The van der Waals surface area contributed by atoms with Crippen molar-refractivity contribution in [2.24, 2.45) is 22.4 Å². The summed E-state index contributed by atoms with van der Waals surface area (Å²) < 4.78 is 0. The Morgan fingerprint density at radius 1 is 1.14 bits per heavy atom. The Balaban J connectivity index is 1.66. The minimum atomic E-state index is -0.658. The zero-order valence-electron chi connectivity index (χ0n) is 18.9. The standard InChI is InChI=1S/C23H45N5O/c1-20(2)12-7-4-3-5-8-14-23(29)15-13-21-27(18-11-19-28(21)23)17-10-6-9-16-26-22(24)25/h13,15,20-21,29H,3-12,14,16-19H2,1-2H3,(H4,24,25,26)/p+1. The summed E-state index contributed by atoms with van der Waals surface area (Å²) in [7, 11) is 0. The van der Waals surface area contributed by atoms with Crippen LogP contribution >= 0.6 is 0 Å². The van der Waals surface area contributed by atoms with Gasteiger partial charge in [-0.3, -0.25) is 14.8 Å². The molecule has 0 aromatic rings. The highest BCUT2D eigenvalue weighted by Gasteiger charge is 2.48. The highest BCUT2D eigenvalue weighted by atomic mass is 16.3. The maximum Gasteiger partial charge on any atom is 0.220 e. The van der Waals surface area contributed by atoms with Gasteiger partial charge in [0, 0.05) is 38.6 Å². The summed E-state index contributed by atoms with van der Waals surface area (Å²) in [5.74, 6) is 1.01. The molecule has 2 aliphatic heterocycles. The summed E-state index contributed by atoms with van der Waals surface area (Å²) in [6, 6.07) is 0. The number of hydrogen-bond acceptors (Lipinski definition) is 3. The molecule has 0 aromatic carbocycles. The van der Waals surface area contributed by atoms with Crippen molar-refractivity contribution in [1.82, 2.24) is 4.90 Å². The van der Waals surface area contributed by atoms with Gasteiger partial charge in [-0.15, -0.1) is 0 Å². The van der Waals surface area contributed by atoms with Gasteiger partial charge in [0.05, 0.1) is 6.54 Å². The maximum absolute atomic E-state index is 11.3. The minimum absolute atomic E-state index is 0.186. The van der Waals surface area contributed by atoms with Crippen molar-refractivity contribution in [1.29, 1.82) is 0 Å². The van der Waals surface area contributed by atoms with Crippen LogP contribution < -0.4 is 16.4 Å². The van der Waals surface area contributed by atoms with Gasteiger partial charge < -0.3 is 16.6 Å². The quantitative estimate of drug-likeness (QED) is 0.153. The summed E-state index contributed by atoms with van der Waals surface area (Å²) in [5.41, 5.74) is 10.1. The molecule has 0 amide bonds. The molecule has 168 valence electrons. The Hall–Kier alpha value is -1.11. The molecule has 6 heteroatoms. The molecule has 6 N–H and O–H groups in total. The number of aliphatic hydroxyl groups is 1. The summed E-state index contributed by atoms with van der Waals surface area (Å²) in [4.78, 5) is 7.96. The average Bonchev–Trinajstić information content (AvgIpc) is 3.01. The van der Waals surface area contributed by atoms with E-state index >= 15 is 0 Å². The first-order chi connectivity index (χ1) is 13.9. The van der Waals surface area contributed by atoms with Crippen LogP contribution in [0.4, 0.5) is 0 Å². The fourth-order valence-corrected chi connectivity index (χ4v) is 4.83. The van der Waals surface area contributed by atoms with E-state index in [4.69, 9.17) is 11.5 Å². The number of nitrogens with two attached hydrogens (primary N) is 2. The summed E-state index contributed by atoms with van der Waals surface area (Å²) in [5, 5.41) is 11.3. The Bertz CT molecular complexity index is 517. The van der Waals surface area contributed by atoms with Gasteiger partial charge in [-0.25, -0.2) is 0 Å². The molecule has 0 radical (unpaired) electrons. The molecule has 2 heterocycles. The SMILES string of the molecule is CC(C)CCCCCCCC1(O)C=CC2N(CCCCCN=C(N)N)CCC[NH+]21. The van der Waals surface area contributed by atoms with E-state index in [1.54, 1.807) is 0 Å². The fraction of sp³-hybridized carbons (Fsp3) is 0.870. The maximum atomic E-state index is 11.3. The molecular weight excluding hydrogens is 362 g/mol. The van der Waals surface area contributed by atoms with Crippen LogP contribution in [0.25, 0.3) is 0 Å². The lowest BCUT2D eigenvalue weighted by atomic mass is 10.0. The Kier molecular flexibility index (Phi) is 10.5. The second-order valence-corrected chi connectivity index (χ2v) is 9.46. The number of nitrogens with one attached hydrogen (secondary N) is 1. The van der Waals surface area contributed by atoms with Crippen LogP contribution in [0, 0.1) is 5.92 Å². The normalized spacial score (nSPS) is 26.8. The molecule has 2 aliphatic rings. The van der Waals surface area contributed by atoms with E-state index in [0.29, 0.717) is 6.17 Å². The number of aliphatic imine (C=N–C) groups is 1. The van der Waals surface area contributed by atoms with Gasteiger partial charge in [-0.05, 0) is 31.3 Å². The molecule has 6 nitrogen and oxygen atoms in total. The first-order valence-corrected chi connectivity index (χ1v) is 12.0. The molecule has 0 spiro atoms. The fourth-order valence-electron chi connectivity index (χ4n) is 4.83. The molecular formula is C23H46N5O+. The van der Waals surface area contributed by atoms with Gasteiger partial charge in [0.15, 0.2) is 12.1 Å². The second-order valence-electron chi connectivity index (χ2n) is 9.46. The first-order valence-electron chi connectivity index (χ1n) is 12.0. The van der Waals surface area contributed by atoms with Crippen molar-refractivity contribution in [3.05, 3.63) is 12.2 Å². The number of rotatable bonds is 14. The van der Waals surface area contributed by atoms with Gasteiger partial charge in [-0.2, -0.15) is 0 Å². The Morgan fingerprint density at radius 3 is 2.62 bits per heavy atom. The molecule has 0 aliphatic carbocycles. The van der Waals surface area contributed by atoms with Crippen LogP contribution in [0.15, 0.2) is 17.1 Å². The lowest BCUT2D eigenvalue weighted by molar-refractivity contribution is -0.995. The van der Waals surface area contributed by atoms with E-state index in [1.807, 2.05) is 0 Å². The van der Waals surface area contributed by atoms with Crippen LogP contribution in [0.3, 0.4) is 0 Å². The van der Waals surface area contributed by atoms with Crippen LogP contribution in [0.2, 0.25) is 0 Å². The van der Waals surface area contributed by atoms with E-state index < -0.39 is 5.72 Å². The van der Waals surface area contributed by atoms with E-state index in [2.05, 4.69) is 35.9 Å². The van der Waals surface area contributed by atoms with Crippen LogP contribution in [-0.4, -0.2) is 54.0 Å². The third kappa shape index (κ3) is 8.27. The van der Waals surface area contributed by atoms with Crippen molar-refractivity contribution in [3.63, 3.8) is 0 Å². The summed E-state index contributed by atoms with van der Waals surface area (Å²) in [6.45, 7) is 8.62. The minimum Gasteiger partial charge on any atom is -0.370 e. The number of hydrogen-bond donors (Lipinski definition) is 4. The van der Waals surface area contributed by atoms with E-state index in [-0.39, 0.29) is 5.96 Å². The van der Waals surface area contributed by atoms with E-state index in [0.717, 1.165) is 64.2 Å². The smallest absolute Gasteiger partial charge is 0.220 e. The molecule has 3 unspecified atom stereocenters. The third-order valence-electron chi connectivity index (χ3n) is 6.49. The predicted octanol–water partition coefficient (Wildman–Crippen LogP) is 1.99. The lowest BCUT2D eigenvalue weighted by Crippen LogP contribution is -3.24. The Morgan fingerprint density at radius 2 is 1.86 bits per heavy atom. The van der Waals surface area contributed by atoms with Crippen molar-refractivity contribution in [2.75, 3.05) is 26.2 Å². The molecule has 3 atom stereocenters. The largest absolute Gasteiger partial charge is 0.370 e. The van der Waals surface area contributed by atoms with Gasteiger partial charge in [0.25, 0.3) is 0 Å². The zero-order valence-corrected chi connectivity index (χ0v) is 18.9. The van der Waals surface area contributed by atoms with Gasteiger partial charge in [-0.1, -0.05) is 52.4 Å². The monoisotopic (exact) mass is 408 g/mol. The topological polar surface area (TPSA) is 92.3 Å². The van der Waals surface area contributed by atoms with E-state index in [1.165, 1.54) is 43.4 Å². The number of guanidine groups is 1. The Labute approximate surface area is 178 Å². The number of unbranched alkanes of at least 4 members (excludes halogenated alkanes) is 6. The molecule has 29 heavy (non-hydrogen) atoms. The zero-order chi connectivity index (χ0) is 21.1. The second kappa shape index (κ2) is 12.6. The highest BCUT2D eigenvalue weighted by molar-refractivity contribution is 5.75. The molecule has 1 fully saturated rings.